The van der Waals surface area contributed by atoms with Crippen LogP contribution in [0, 0.1) is 6.92 Å². The molecule has 46 heavy (non-hydrogen) atoms. The summed E-state index contributed by atoms with van der Waals surface area (Å²) in [7, 11) is 0. The maximum atomic E-state index is 6.61. The normalized spacial score (nSPS) is 11.8. The van der Waals surface area contributed by atoms with Crippen LogP contribution in [0.4, 0.5) is 0 Å². The van der Waals surface area contributed by atoms with Crippen LogP contribution in [0.3, 0.4) is 0 Å². The van der Waals surface area contributed by atoms with Gasteiger partial charge in [0.2, 0.25) is 0 Å². The molecule has 0 aliphatic heterocycles. The van der Waals surface area contributed by atoms with Crippen LogP contribution >= 0.6 is 0 Å². The van der Waals surface area contributed by atoms with Crippen molar-refractivity contribution >= 4 is 21.8 Å². The van der Waals surface area contributed by atoms with E-state index in [1.807, 2.05) is 18.3 Å². The molecule has 3 aromatic heterocycles. The Morgan fingerprint density at radius 3 is 2.28 bits per heavy atom. The Morgan fingerprint density at radius 1 is 0.739 bits per heavy atom. The molecule has 5 nitrogen and oxygen atoms in total. The molecule has 0 fully saturated rings. The molecule has 0 atom stereocenters. The molecule has 7 rings (SSSR count). The third-order valence-corrected chi connectivity index (χ3v) is 9.11. The maximum Gasteiger partial charge on any atom is 0.137 e. The molecule has 0 bridgehead atoms. The molecule has 0 aliphatic rings. The molecule has 4 aromatic carbocycles. The van der Waals surface area contributed by atoms with E-state index in [2.05, 4.69) is 141 Å². The first-order chi connectivity index (χ1) is 22.4. The summed E-state index contributed by atoms with van der Waals surface area (Å²) in [5, 5.41) is 7.63. The third-order valence-electron chi connectivity index (χ3n) is 9.11. The van der Waals surface area contributed by atoms with Gasteiger partial charge in [0.15, 0.2) is 0 Å². The Balaban J connectivity index is 1.33. The minimum Gasteiger partial charge on any atom is -0.457 e. The molecular formula is C41H40N4O. The standard InChI is InChI=1S/C41H40N4O/c1-6-14-35-39(29-15-9-8-10-16-29)40(41(4,5)7-2)45(43-35)30-17-13-18-31(26-30)46-32-21-22-34-33-19-11-12-20-36(33)44(37(34)27-32)38-25-28(3)23-24-42-38/h8-13,15-27H,6-7,14H2,1-5H3. The van der Waals surface area contributed by atoms with Gasteiger partial charge in [-0.15, -0.1) is 0 Å². The minimum atomic E-state index is -0.0939. The fourth-order valence-corrected chi connectivity index (χ4v) is 6.48. The van der Waals surface area contributed by atoms with E-state index in [1.165, 1.54) is 33.2 Å². The number of para-hydroxylation sites is 1. The van der Waals surface area contributed by atoms with Crippen molar-refractivity contribution in [2.45, 2.75) is 59.3 Å². The number of hydrogen-bond acceptors (Lipinski definition) is 3. The monoisotopic (exact) mass is 604 g/mol. The van der Waals surface area contributed by atoms with Crippen molar-refractivity contribution in [1.29, 1.82) is 0 Å². The van der Waals surface area contributed by atoms with Gasteiger partial charge in [0.05, 0.1) is 28.1 Å². The molecule has 0 amide bonds. The van der Waals surface area contributed by atoms with E-state index in [-0.39, 0.29) is 5.41 Å². The second-order valence-corrected chi connectivity index (χ2v) is 12.8. The summed E-state index contributed by atoms with van der Waals surface area (Å²) in [5.41, 5.74) is 9.09. The number of aromatic nitrogens is 4. The predicted octanol–water partition coefficient (Wildman–Crippen LogP) is 10.8. The van der Waals surface area contributed by atoms with Crippen LogP contribution in [-0.4, -0.2) is 19.3 Å². The average molecular weight is 605 g/mol. The Morgan fingerprint density at radius 2 is 1.50 bits per heavy atom. The lowest BCUT2D eigenvalue weighted by Gasteiger charge is -2.26. The topological polar surface area (TPSA) is 44.9 Å². The van der Waals surface area contributed by atoms with Crippen molar-refractivity contribution in [1.82, 2.24) is 19.3 Å². The van der Waals surface area contributed by atoms with E-state index in [4.69, 9.17) is 14.8 Å². The van der Waals surface area contributed by atoms with E-state index < -0.39 is 0 Å². The lowest BCUT2D eigenvalue weighted by Crippen LogP contribution is -2.21. The van der Waals surface area contributed by atoms with Gasteiger partial charge in [-0.1, -0.05) is 88.7 Å². The molecular weight excluding hydrogens is 564 g/mol. The molecule has 0 spiro atoms. The summed E-state index contributed by atoms with van der Waals surface area (Å²) in [6.45, 7) is 11.2. The average Bonchev–Trinajstić information content (AvgIpc) is 3.62. The second kappa shape index (κ2) is 12.0. The summed E-state index contributed by atoms with van der Waals surface area (Å²) in [6, 6.07) is 38.0. The smallest absolute Gasteiger partial charge is 0.137 e. The summed E-state index contributed by atoms with van der Waals surface area (Å²) >= 11 is 0. The molecule has 0 N–H and O–H groups in total. The number of nitrogens with zero attached hydrogens (tertiary/aromatic N) is 4. The van der Waals surface area contributed by atoms with Gasteiger partial charge < -0.3 is 4.74 Å². The van der Waals surface area contributed by atoms with Crippen molar-refractivity contribution < 1.29 is 4.74 Å². The summed E-state index contributed by atoms with van der Waals surface area (Å²) < 4.78 is 11.0. The van der Waals surface area contributed by atoms with Crippen LogP contribution in [0.5, 0.6) is 11.5 Å². The summed E-state index contributed by atoms with van der Waals surface area (Å²) in [5.74, 6) is 2.43. The predicted molar refractivity (Wildman–Crippen MR) is 190 cm³/mol. The third kappa shape index (κ3) is 5.26. The number of rotatable bonds is 9. The van der Waals surface area contributed by atoms with Gasteiger partial charge in [0, 0.05) is 40.1 Å². The minimum absolute atomic E-state index is 0.0939. The van der Waals surface area contributed by atoms with Crippen LogP contribution in [0.15, 0.2) is 115 Å². The van der Waals surface area contributed by atoms with Gasteiger partial charge in [0.1, 0.15) is 17.3 Å². The molecule has 0 radical (unpaired) electrons. The number of fused-ring (bicyclic) bond motifs is 3. The maximum absolute atomic E-state index is 6.61. The lowest BCUT2D eigenvalue weighted by molar-refractivity contribution is 0.471. The van der Waals surface area contributed by atoms with Crippen LogP contribution < -0.4 is 4.74 Å². The van der Waals surface area contributed by atoms with E-state index in [0.717, 1.165) is 59.0 Å². The van der Waals surface area contributed by atoms with Crippen LogP contribution in [0.25, 0.3) is 44.4 Å². The van der Waals surface area contributed by atoms with Crippen LogP contribution in [0.2, 0.25) is 0 Å². The quantitative estimate of drug-likeness (QED) is 0.165. The number of aryl methyl sites for hydroxylation is 2. The van der Waals surface area contributed by atoms with Gasteiger partial charge >= 0.3 is 0 Å². The molecule has 3 heterocycles. The molecule has 230 valence electrons. The Kier molecular flexibility index (Phi) is 7.69. The van der Waals surface area contributed by atoms with Crippen molar-refractivity contribution in [3.8, 4) is 34.1 Å². The lowest BCUT2D eigenvalue weighted by atomic mass is 9.81. The highest BCUT2D eigenvalue weighted by Gasteiger charge is 2.31. The SMILES string of the molecule is CCCc1nn(-c2cccc(Oc3ccc4c5ccccc5n(-c5cc(C)ccn5)c4c3)c2)c(C(C)(C)CC)c1-c1ccccc1. The number of ether oxygens (including phenoxy) is 1. The van der Waals surface area contributed by atoms with E-state index in [9.17, 15) is 0 Å². The molecule has 5 heteroatoms. The fraction of sp³-hybridized carbons (Fsp3) is 0.220. The van der Waals surface area contributed by atoms with Crippen molar-refractivity contribution in [2.75, 3.05) is 0 Å². The zero-order valence-corrected chi connectivity index (χ0v) is 27.3. The highest BCUT2D eigenvalue weighted by atomic mass is 16.5. The summed E-state index contributed by atoms with van der Waals surface area (Å²) in [4.78, 5) is 4.73. The fourth-order valence-electron chi connectivity index (χ4n) is 6.48. The van der Waals surface area contributed by atoms with Crippen LogP contribution in [0.1, 0.15) is 57.5 Å². The molecule has 0 saturated heterocycles. The Bertz CT molecular complexity index is 2170. The van der Waals surface area contributed by atoms with Gasteiger partial charge in [0.25, 0.3) is 0 Å². The van der Waals surface area contributed by atoms with Gasteiger partial charge in [-0.2, -0.15) is 5.10 Å². The summed E-state index contributed by atoms with van der Waals surface area (Å²) in [6.07, 6.45) is 4.81. The molecule has 0 aliphatic carbocycles. The first kappa shape index (κ1) is 29.5. The Labute approximate surface area is 271 Å². The van der Waals surface area contributed by atoms with Crippen molar-refractivity contribution in [3.63, 3.8) is 0 Å². The molecule has 0 saturated carbocycles. The first-order valence-corrected chi connectivity index (χ1v) is 16.3. The largest absolute Gasteiger partial charge is 0.457 e. The van der Waals surface area contributed by atoms with Gasteiger partial charge in [-0.05, 0) is 73.4 Å². The Hall–Kier alpha value is -5.16. The van der Waals surface area contributed by atoms with E-state index in [1.54, 1.807) is 0 Å². The van der Waals surface area contributed by atoms with Crippen molar-refractivity contribution in [2.24, 2.45) is 0 Å². The van der Waals surface area contributed by atoms with Crippen molar-refractivity contribution in [3.05, 3.63) is 132 Å². The number of pyridine rings is 1. The second-order valence-electron chi connectivity index (χ2n) is 12.8. The molecule has 7 aromatic rings. The van der Waals surface area contributed by atoms with Gasteiger partial charge in [-0.25, -0.2) is 9.67 Å². The van der Waals surface area contributed by atoms with E-state index >= 15 is 0 Å². The number of benzene rings is 4. The first-order valence-electron chi connectivity index (χ1n) is 16.3. The van der Waals surface area contributed by atoms with Crippen LogP contribution in [-0.2, 0) is 11.8 Å². The number of hydrogen-bond donors (Lipinski definition) is 0. The van der Waals surface area contributed by atoms with Gasteiger partial charge in [-0.3, -0.25) is 4.57 Å². The van der Waals surface area contributed by atoms with E-state index in [0.29, 0.717) is 0 Å². The zero-order valence-electron chi connectivity index (χ0n) is 27.3. The highest BCUT2D eigenvalue weighted by molar-refractivity contribution is 6.09. The zero-order chi connectivity index (χ0) is 31.8. The molecule has 0 unspecified atom stereocenters. The highest BCUT2D eigenvalue weighted by Crippen LogP contribution is 2.40.